The van der Waals surface area contributed by atoms with Gasteiger partial charge in [-0.1, -0.05) is 0 Å². The number of halogens is 1. The average Bonchev–Trinajstić information content (AvgIpc) is 1.35. The first kappa shape index (κ1) is 5.91. The normalized spacial score (nSPS) is 7.50. The van der Waals surface area contributed by atoms with Gasteiger partial charge in [-0.15, -0.1) is 0 Å². The fourth-order valence-electron chi connectivity index (χ4n) is 0.0380. The van der Waals surface area contributed by atoms with Gasteiger partial charge in [0.2, 0.25) is 0 Å². The lowest BCUT2D eigenvalue weighted by atomic mass is 11.2. The van der Waals surface area contributed by atoms with Gasteiger partial charge in [-0.3, -0.25) is 4.72 Å². The summed E-state index contributed by atoms with van der Waals surface area (Å²) in [6.45, 7) is 0. The molecule has 0 aromatic heterocycles. The van der Waals surface area contributed by atoms with Crippen LogP contribution in [-0.2, 0) is 0 Å². The molecule has 2 amide bonds. The van der Waals surface area contributed by atoms with E-state index >= 15 is 0 Å². The minimum atomic E-state index is -0.630. The van der Waals surface area contributed by atoms with E-state index in [0.717, 1.165) is 0 Å². The Morgan fingerprint density at radius 1 is 2.00 bits per heavy atom. The Morgan fingerprint density at radius 2 is 2.50 bits per heavy atom. The standard InChI is InChI=1S/CH3ClN2OS/c2-6-4-1(3)5/h(H3,3,4,5). The zero-order valence-electron chi connectivity index (χ0n) is 2.77. The molecule has 0 unspecified atom stereocenters. The Kier molecular flexibility index (Phi) is 3.07. The Labute approximate surface area is 43.9 Å². The molecule has 0 aliphatic carbocycles. The van der Waals surface area contributed by atoms with Crippen LogP contribution >= 0.6 is 21.8 Å². The van der Waals surface area contributed by atoms with Crippen LogP contribution in [0.1, 0.15) is 0 Å². The molecule has 0 aliphatic heterocycles. The van der Waals surface area contributed by atoms with Crippen LogP contribution in [0.4, 0.5) is 4.79 Å². The summed E-state index contributed by atoms with van der Waals surface area (Å²) in [6.07, 6.45) is 0. The van der Waals surface area contributed by atoms with E-state index in [-0.39, 0.29) is 0 Å². The zero-order valence-corrected chi connectivity index (χ0v) is 4.34. The molecule has 0 spiro atoms. The number of hydrogen-bond donors (Lipinski definition) is 2. The third kappa shape index (κ3) is 3.91. The fraction of sp³-hybridized carbons (Fsp3) is 0. The van der Waals surface area contributed by atoms with Crippen LogP contribution in [0, 0.1) is 0 Å². The Hall–Kier alpha value is -0.0900. The molecule has 0 aliphatic rings. The van der Waals surface area contributed by atoms with Crippen molar-refractivity contribution >= 4 is 27.9 Å². The predicted octanol–water partition coefficient (Wildman–Crippen LogP) is 0.457. The SMILES string of the molecule is NC(=O)NSCl. The van der Waals surface area contributed by atoms with Crippen LogP contribution in [0.2, 0.25) is 0 Å². The Morgan fingerprint density at radius 3 is 2.50 bits per heavy atom. The lowest BCUT2D eigenvalue weighted by molar-refractivity contribution is 0.254. The molecular formula is CH3ClN2OS. The molecule has 0 saturated heterocycles. The quantitative estimate of drug-likeness (QED) is 0.502. The van der Waals surface area contributed by atoms with E-state index in [1.807, 2.05) is 4.72 Å². The molecule has 0 bridgehead atoms. The van der Waals surface area contributed by atoms with E-state index in [9.17, 15) is 4.79 Å². The van der Waals surface area contributed by atoms with Crippen LogP contribution in [-0.4, -0.2) is 6.03 Å². The van der Waals surface area contributed by atoms with E-state index in [1.54, 1.807) is 0 Å². The van der Waals surface area contributed by atoms with Crippen LogP contribution in [0.3, 0.4) is 0 Å². The second-order valence-corrected chi connectivity index (χ2v) is 1.36. The van der Waals surface area contributed by atoms with E-state index in [4.69, 9.17) is 10.7 Å². The van der Waals surface area contributed by atoms with Gasteiger partial charge in [-0.05, 0) is 10.7 Å². The van der Waals surface area contributed by atoms with Gasteiger partial charge in [0.25, 0.3) is 0 Å². The molecule has 0 rings (SSSR count). The number of nitrogens with one attached hydrogen (secondary N) is 1. The summed E-state index contributed by atoms with van der Waals surface area (Å²) < 4.78 is 2.03. The zero-order chi connectivity index (χ0) is 4.99. The molecule has 0 aromatic rings. The van der Waals surface area contributed by atoms with Crippen LogP contribution in [0.5, 0.6) is 0 Å². The van der Waals surface area contributed by atoms with E-state index in [0.29, 0.717) is 11.2 Å². The molecule has 0 fully saturated rings. The number of primary amides is 1. The van der Waals surface area contributed by atoms with Crippen LogP contribution in [0.15, 0.2) is 0 Å². The lowest BCUT2D eigenvalue weighted by Crippen LogP contribution is -2.21. The van der Waals surface area contributed by atoms with Crippen LogP contribution in [0.25, 0.3) is 0 Å². The van der Waals surface area contributed by atoms with E-state index in [2.05, 4.69) is 5.73 Å². The van der Waals surface area contributed by atoms with Gasteiger partial charge in [-0.2, -0.15) is 0 Å². The summed E-state index contributed by atoms with van der Waals surface area (Å²) in [5, 5.41) is 0. The second-order valence-electron chi connectivity index (χ2n) is 0.543. The van der Waals surface area contributed by atoms with Gasteiger partial charge in [0, 0.05) is 0 Å². The first-order chi connectivity index (χ1) is 2.77. The van der Waals surface area contributed by atoms with Crippen LogP contribution < -0.4 is 10.5 Å². The molecule has 0 aromatic carbocycles. The first-order valence-electron chi connectivity index (χ1n) is 1.10. The van der Waals surface area contributed by atoms with Crippen molar-refractivity contribution in [2.45, 2.75) is 0 Å². The van der Waals surface area contributed by atoms with Gasteiger partial charge < -0.3 is 5.73 Å². The summed E-state index contributed by atoms with van der Waals surface area (Å²) in [7, 11) is 4.90. The summed E-state index contributed by atoms with van der Waals surface area (Å²) in [6, 6.07) is -0.630. The summed E-state index contributed by atoms with van der Waals surface area (Å²) in [5.74, 6) is 0. The Bertz CT molecular complexity index is 57.5. The summed E-state index contributed by atoms with van der Waals surface area (Å²) >= 11 is 0.657. The number of amides is 2. The van der Waals surface area contributed by atoms with Gasteiger partial charge in [0.1, 0.15) is 0 Å². The highest BCUT2D eigenvalue weighted by Gasteiger charge is 1.82. The maximum atomic E-state index is 9.61. The van der Waals surface area contributed by atoms with Gasteiger partial charge >= 0.3 is 6.03 Å². The average molecular weight is 127 g/mol. The summed E-state index contributed by atoms with van der Waals surface area (Å²) in [5.41, 5.74) is 4.55. The third-order valence-corrected chi connectivity index (χ3v) is 0.649. The number of rotatable bonds is 1. The van der Waals surface area contributed by atoms with Crippen molar-refractivity contribution in [3.05, 3.63) is 0 Å². The first-order valence-corrected chi connectivity index (χ1v) is 2.74. The molecular weight excluding hydrogens is 124 g/mol. The summed E-state index contributed by atoms with van der Waals surface area (Å²) in [4.78, 5) is 9.61. The predicted molar refractivity (Wildman–Crippen MR) is 26.2 cm³/mol. The van der Waals surface area contributed by atoms with Crippen molar-refractivity contribution in [2.75, 3.05) is 0 Å². The highest BCUT2D eigenvalue weighted by molar-refractivity contribution is 8.19. The molecule has 36 valence electrons. The number of carbonyl (C=O) groups is 1. The third-order valence-electron chi connectivity index (χ3n) is 0.139. The molecule has 3 N–H and O–H groups in total. The maximum Gasteiger partial charge on any atom is 0.323 e. The monoisotopic (exact) mass is 126 g/mol. The van der Waals surface area contributed by atoms with Crippen molar-refractivity contribution in [1.82, 2.24) is 4.72 Å². The smallest absolute Gasteiger partial charge is 0.323 e. The van der Waals surface area contributed by atoms with Crippen molar-refractivity contribution in [1.29, 1.82) is 0 Å². The minimum absolute atomic E-state index is 0.630. The van der Waals surface area contributed by atoms with Crippen molar-refractivity contribution in [3.8, 4) is 0 Å². The second kappa shape index (κ2) is 3.11. The largest absolute Gasteiger partial charge is 0.351 e. The highest BCUT2D eigenvalue weighted by atomic mass is 35.7. The molecule has 3 nitrogen and oxygen atoms in total. The number of nitrogens with two attached hydrogens (primary N) is 1. The fourth-order valence-corrected chi connectivity index (χ4v) is 0.342. The highest BCUT2D eigenvalue weighted by Crippen LogP contribution is 1.95. The van der Waals surface area contributed by atoms with Crippen molar-refractivity contribution in [2.24, 2.45) is 5.73 Å². The van der Waals surface area contributed by atoms with E-state index in [1.165, 1.54) is 0 Å². The molecule has 6 heavy (non-hydrogen) atoms. The van der Waals surface area contributed by atoms with Gasteiger partial charge in [0.05, 0.1) is 11.2 Å². The van der Waals surface area contributed by atoms with Crippen molar-refractivity contribution in [3.63, 3.8) is 0 Å². The molecule has 5 heteroatoms. The number of hydrogen-bond acceptors (Lipinski definition) is 2. The molecule has 0 saturated carbocycles. The van der Waals surface area contributed by atoms with Gasteiger partial charge in [0.15, 0.2) is 0 Å². The topological polar surface area (TPSA) is 55.1 Å². The lowest BCUT2D eigenvalue weighted by Gasteiger charge is -1.85. The molecule has 0 heterocycles. The maximum absolute atomic E-state index is 9.61. The molecule has 0 radical (unpaired) electrons. The van der Waals surface area contributed by atoms with Crippen molar-refractivity contribution < 1.29 is 4.79 Å². The van der Waals surface area contributed by atoms with E-state index < -0.39 is 6.03 Å². The van der Waals surface area contributed by atoms with Gasteiger partial charge in [-0.25, -0.2) is 4.79 Å². The number of carbonyl (C=O) groups excluding carboxylic acids is 1. The minimum Gasteiger partial charge on any atom is -0.351 e. The number of urea groups is 1. The molecule has 0 atom stereocenters. The Balaban J connectivity index is 2.83.